The highest BCUT2D eigenvalue weighted by Gasteiger charge is 2.44. The Morgan fingerprint density at radius 2 is 1.46 bits per heavy atom. The summed E-state index contributed by atoms with van der Waals surface area (Å²) in [4.78, 5) is 0. The predicted molar refractivity (Wildman–Crippen MR) is 57.3 cm³/mol. The summed E-state index contributed by atoms with van der Waals surface area (Å²) in [6.07, 6.45) is 0.793. The van der Waals surface area contributed by atoms with E-state index in [2.05, 4.69) is 0 Å². The van der Waals surface area contributed by atoms with E-state index in [0.29, 0.717) is 0 Å². The largest absolute Gasteiger partial charge is 0.517 e. The lowest BCUT2D eigenvalue weighted by atomic mass is 10.5. The topological polar surface area (TPSA) is 88.7 Å². The lowest BCUT2D eigenvalue weighted by Crippen LogP contribution is -2.58. The molecule has 0 aromatic carbocycles. The van der Waals surface area contributed by atoms with E-state index in [9.17, 15) is 0 Å². The highest BCUT2D eigenvalue weighted by Crippen LogP contribution is 2.11. The van der Waals surface area contributed by atoms with Crippen LogP contribution in [0.25, 0.3) is 0 Å². The van der Waals surface area contributed by atoms with Crippen molar-refractivity contribution in [1.82, 2.24) is 6.15 Å². The number of nitrogens with two attached hydrogens (primary N) is 1. The molecule has 0 saturated carbocycles. The van der Waals surface area contributed by atoms with Gasteiger partial charge >= 0.3 is 8.80 Å². The summed E-state index contributed by atoms with van der Waals surface area (Å²) in [6, 6.07) is 0. The molecule has 0 aromatic heterocycles. The maximum absolute atomic E-state index is 5.77. The summed E-state index contributed by atoms with van der Waals surface area (Å²) < 4.78 is 15.5. The second kappa shape index (κ2) is 8.89. The molecule has 0 aliphatic heterocycles. The Bertz CT molecular complexity index is 108. The van der Waals surface area contributed by atoms with Crippen molar-refractivity contribution in [3.05, 3.63) is 0 Å². The molecule has 0 radical (unpaired) electrons. The third-order valence-electron chi connectivity index (χ3n) is 1.75. The van der Waals surface area contributed by atoms with Gasteiger partial charge in [-0.1, -0.05) is 6.92 Å². The number of halogens is 1. The molecule has 0 bridgehead atoms. The Kier molecular flexibility index (Phi) is 13.0. The third kappa shape index (κ3) is 4.36. The second-order valence-corrected chi connectivity index (χ2v) is 5.40. The monoisotopic (exact) mass is 232 g/mol. The van der Waals surface area contributed by atoms with Gasteiger partial charge in [0, 0.05) is 21.3 Å². The molecule has 5 nitrogen and oxygen atoms in total. The van der Waals surface area contributed by atoms with E-state index in [-0.39, 0.29) is 24.2 Å². The van der Waals surface area contributed by atoms with Gasteiger partial charge in [0.15, 0.2) is 0 Å². The first-order valence-corrected chi connectivity index (χ1v) is 5.38. The molecule has 0 spiro atoms. The summed E-state index contributed by atoms with van der Waals surface area (Å²) in [5.41, 5.74) is 5.63. The standard InChI is InChI=1S/C6H17NO3Si.ClH.H3N/c1-5-6(7)11(8-2,9-3)10-4;;/h6H,5,7H2,1-4H3;1H;1H3. The zero-order valence-corrected chi connectivity index (χ0v) is 10.5. The predicted octanol–water partition coefficient (Wildman–Crippen LogP) is 0.725. The first-order chi connectivity index (χ1) is 5.16. The molecule has 0 aliphatic rings. The van der Waals surface area contributed by atoms with Crippen LogP contribution in [0.15, 0.2) is 0 Å². The Hall–Kier alpha value is 0.307. The van der Waals surface area contributed by atoms with E-state index in [4.69, 9.17) is 19.0 Å². The maximum atomic E-state index is 5.77. The Labute approximate surface area is 87.3 Å². The molecule has 1 unspecified atom stereocenters. The lowest BCUT2D eigenvalue weighted by Gasteiger charge is -2.28. The van der Waals surface area contributed by atoms with Gasteiger partial charge in [0.2, 0.25) is 0 Å². The van der Waals surface area contributed by atoms with Crippen LogP contribution in [0.1, 0.15) is 13.3 Å². The smallest absolute Gasteiger partial charge is 0.376 e. The van der Waals surface area contributed by atoms with Gasteiger partial charge in [0.1, 0.15) is 0 Å². The Morgan fingerprint density at radius 3 is 1.54 bits per heavy atom. The van der Waals surface area contributed by atoms with Crippen LogP contribution in [0.2, 0.25) is 0 Å². The van der Waals surface area contributed by atoms with Crippen molar-refractivity contribution in [1.29, 1.82) is 0 Å². The summed E-state index contributed by atoms with van der Waals surface area (Å²) in [5, 5.41) is 0. The van der Waals surface area contributed by atoms with Gasteiger partial charge in [-0.2, -0.15) is 0 Å². The van der Waals surface area contributed by atoms with Crippen molar-refractivity contribution < 1.29 is 13.3 Å². The van der Waals surface area contributed by atoms with Crippen LogP contribution in [-0.2, 0) is 13.3 Å². The molecular formula is C6H21ClN2O3Si. The highest BCUT2D eigenvalue weighted by atomic mass is 35.5. The van der Waals surface area contributed by atoms with Gasteiger partial charge in [-0.05, 0) is 6.42 Å². The fourth-order valence-electron chi connectivity index (χ4n) is 0.954. The van der Waals surface area contributed by atoms with E-state index in [1.165, 1.54) is 0 Å². The summed E-state index contributed by atoms with van der Waals surface area (Å²) >= 11 is 0. The average molecular weight is 233 g/mol. The van der Waals surface area contributed by atoms with Gasteiger partial charge in [0.25, 0.3) is 0 Å². The molecule has 0 saturated heterocycles. The van der Waals surface area contributed by atoms with E-state index in [0.717, 1.165) is 6.42 Å². The van der Waals surface area contributed by atoms with Crippen molar-refractivity contribution >= 4 is 21.2 Å². The van der Waals surface area contributed by atoms with Gasteiger partial charge < -0.3 is 25.2 Å². The summed E-state index contributed by atoms with van der Waals surface area (Å²) in [5.74, 6) is 0. The van der Waals surface area contributed by atoms with Gasteiger partial charge in [0.05, 0.1) is 5.67 Å². The number of hydrogen-bond donors (Lipinski definition) is 2. The summed E-state index contributed by atoms with van der Waals surface area (Å²) in [7, 11) is 2.15. The van der Waals surface area contributed by atoms with Crippen molar-refractivity contribution in [2.45, 2.75) is 19.0 Å². The van der Waals surface area contributed by atoms with Crippen LogP contribution in [0.3, 0.4) is 0 Å². The molecule has 0 heterocycles. The molecule has 1 atom stereocenters. The minimum absolute atomic E-state index is 0. The molecule has 5 N–H and O–H groups in total. The van der Waals surface area contributed by atoms with Crippen molar-refractivity contribution in [2.24, 2.45) is 5.73 Å². The fourth-order valence-corrected chi connectivity index (χ4v) is 2.86. The van der Waals surface area contributed by atoms with Crippen molar-refractivity contribution in [3.8, 4) is 0 Å². The van der Waals surface area contributed by atoms with Crippen LogP contribution < -0.4 is 11.9 Å². The molecule has 0 fully saturated rings. The van der Waals surface area contributed by atoms with Gasteiger partial charge in [-0.15, -0.1) is 12.4 Å². The minimum atomic E-state index is -2.54. The minimum Gasteiger partial charge on any atom is -0.376 e. The molecule has 7 heteroatoms. The number of rotatable bonds is 5. The molecule has 0 aromatic rings. The van der Waals surface area contributed by atoms with E-state index < -0.39 is 8.80 Å². The van der Waals surface area contributed by atoms with E-state index in [1.807, 2.05) is 6.92 Å². The Balaban J connectivity index is -0.000000500. The molecular weight excluding hydrogens is 212 g/mol. The SMILES string of the molecule is CCC(N)[Si](OC)(OC)OC.Cl.N. The van der Waals surface area contributed by atoms with Gasteiger partial charge in [-0.25, -0.2) is 0 Å². The van der Waals surface area contributed by atoms with Crippen LogP contribution >= 0.6 is 12.4 Å². The molecule has 0 rings (SSSR count). The molecule has 0 amide bonds. The van der Waals surface area contributed by atoms with Crippen molar-refractivity contribution in [2.75, 3.05) is 21.3 Å². The Morgan fingerprint density at radius 1 is 1.15 bits per heavy atom. The first-order valence-electron chi connectivity index (χ1n) is 3.57. The van der Waals surface area contributed by atoms with Crippen LogP contribution in [0.5, 0.6) is 0 Å². The molecule has 84 valence electrons. The molecule has 13 heavy (non-hydrogen) atoms. The summed E-state index contributed by atoms with van der Waals surface area (Å²) in [6.45, 7) is 1.98. The van der Waals surface area contributed by atoms with E-state index >= 15 is 0 Å². The third-order valence-corrected chi connectivity index (χ3v) is 4.77. The maximum Gasteiger partial charge on any atom is 0.517 e. The lowest BCUT2D eigenvalue weighted by molar-refractivity contribution is 0.112. The zero-order chi connectivity index (χ0) is 8.91. The highest BCUT2D eigenvalue weighted by molar-refractivity contribution is 6.62. The normalized spacial score (nSPS) is 12.7. The van der Waals surface area contributed by atoms with Gasteiger partial charge in [-0.3, -0.25) is 0 Å². The second-order valence-electron chi connectivity index (χ2n) is 2.23. The average Bonchev–Trinajstić information content (AvgIpc) is 2.08. The van der Waals surface area contributed by atoms with Crippen LogP contribution in [0.4, 0.5) is 0 Å². The fraction of sp³-hybridized carbons (Fsp3) is 1.00. The molecule has 0 aliphatic carbocycles. The van der Waals surface area contributed by atoms with E-state index in [1.54, 1.807) is 21.3 Å². The van der Waals surface area contributed by atoms with Crippen molar-refractivity contribution in [3.63, 3.8) is 0 Å². The number of hydrogen-bond acceptors (Lipinski definition) is 5. The zero-order valence-electron chi connectivity index (χ0n) is 8.70. The quantitative estimate of drug-likeness (QED) is 0.682. The van der Waals surface area contributed by atoms with Crippen LogP contribution in [-0.4, -0.2) is 35.8 Å². The first kappa shape index (κ1) is 19.0. The van der Waals surface area contributed by atoms with Crippen LogP contribution in [0, 0.1) is 0 Å².